The molecule has 1 N–H and O–H groups in total. The lowest BCUT2D eigenvalue weighted by Gasteiger charge is -2.38. The summed E-state index contributed by atoms with van der Waals surface area (Å²) in [6.45, 7) is 38.4. The molecule has 0 saturated carbocycles. The first kappa shape index (κ1) is 41.7. The molecule has 0 atom stereocenters. The summed E-state index contributed by atoms with van der Waals surface area (Å²) in [5.41, 5.74) is 14.5. The van der Waals surface area contributed by atoms with Gasteiger partial charge in [0.1, 0.15) is 54.5 Å². The summed E-state index contributed by atoms with van der Waals surface area (Å²) < 4.78 is 12.7. The zero-order valence-corrected chi connectivity index (χ0v) is 35.3. The molecular weight excluding hydrogens is 613 g/mol. The first-order valence-electron chi connectivity index (χ1n) is 17.2. The van der Waals surface area contributed by atoms with Crippen LogP contribution in [0.3, 0.4) is 0 Å². The van der Waals surface area contributed by atoms with Crippen molar-refractivity contribution < 1.29 is 14.6 Å². The molecule has 0 aliphatic heterocycles. The molecule has 46 heavy (non-hydrogen) atoms. The molecule has 0 radical (unpaired) electrons. The van der Waals surface area contributed by atoms with Crippen LogP contribution in [0.15, 0.2) is 12.1 Å². The van der Waals surface area contributed by atoms with Gasteiger partial charge in [0.2, 0.25) is 0 Å². The second kappa shape index (κ2) is 17.2. The average Bonchev–Trinajstić information content (AvgIpc) is 2.89. The van der Waals surface area contributed by atoms with E-state index in [2.05, 4.69) is 149 Å². The Morgan fingerprint density at radius 1 is 0.587 bits per heavy atom. The molecule has 0 bridgehead atoms. The molecule has 6 heteroatoms. The van der Waals surface area contributed by atoms with E-state index in [1.165, 1.54) is 0 Å². The second-order valence-electron chi connectivity index (χ2n) is 16.1. The summed E-state index contributed by atoms with van der Waals surface area (Å²) in [6, 6.07) is 3.82. The first-order valence-corrected chi connectivity index (χ1v) is 25.2. The third-order valence-corrected chi connectivity index (χ3v) is 22.7. The predicted molar refractivity (Wildman–Crippen MR) is 208 cm³/mol. The lowest BCUT2D eigenvalue weighted by atomic mass is 10.1. The normalized spacial score (nSPS) is 12.3. The van der Waals surface area contributed by atoms with Crippen molar-refractivity contribution in [3.8, 4) is 57.7 Å². The highest BCUT2D eigenvalue weighted by Gasteiger charge is 2.42. The molecule has 1 aromatic carbocycles. The van der Waals surface area contributed by atoms with Crippen molar-refractivity contribution in [3.63, 3.8) is 0 Å². The quantitative estimate of drug-likeness (QED) is 0.198. The van der Waals surface area contributed by atoms with Gasteiger partial charge in [0.25, 0.3) is 0 Å². The zero-order valence-electron chi connectivity index (χ0n) is 32.3. The summed E-state index contributed by atoms with van der Waals surface area (Å²) in [7, 11) is -5.43. The lowest BCUT2D eigenvalue weighted by Crippen LogP contribution is -2.43. The molecule has 0 aliphatic carbocycles. The van der Waals surface area contributed by atoms with E-state index in [0.717, 1.165) is 5.56 Å². The number of ether oxygens (including phenoxy) is 2. The van der Waals surface area contributed by atoms with E-state index < -0.39 is 29.8 Å². The fourth-order valence-electron chi connectivity index (χ4n) is 6.94. The van der Waals surface area contributed by atoms with E-state index in [4.69, 9.17) is 9.47 Å². The highest BCUT2D eigenvalue weighted by Crippen LogP contribution is 2.41. The van der Waals surface area contributed by atoms with Crippen molar-refractivity contribution in [2.45, 2.75) is 155 Å². The molecular formula is C40H64O3Si3. The van der Waals surface area contributed by atoms with Crippen LogP contribution in [0.1, 0.15) is 108 Å². The maximum Gasteiger partial charge on any atom is 0.148 e. The standard InChI is InChI=1S/C40H64O3Si3/c1-30(2)45(31(3)4,32(5)6)25-18-23-42-38-29-37(21-27-44(15,16)17)39(28-36(38)20-22-40(13,14)41)43-24-19-26-46(33(7)8,34(9)10)35(11)12/h28-35,41H,23-24H2,1-17H3. The van der Waals surface area contributed by atoms with Crippen LogP contribution < -0.4 is 9.47 Å². The summed E-state index contributed by atoms with van der Waals surface area (Å²) in [6.07, 6.45) is 0. The molecule has 3 nitrogen and oxygen atoms in total. The Hall–Kier alpha value is -2.33. The van der Waals surface area contributed by atoms with Crippen molar-refractivity contribution >= 4 is 24.2 Å². The van der Waals surface area contributed by atoms with Crippen LogP contribution in [0.25, 0.3) is 0 Å². The van der Waals surface area contributed by atoms with Crippen LogP contribution in [0.2, 0.25) is 52.9 Å². The summed E-state index contributed by atoms with van der Waals surface area (Å²) in [5.74, 6) is 17.6. The van der Waals surface area contributed by atoms with Crippen molar-refractivity contribution in [1.82, 2.24) is 0 Å². The molecule has 0 aliphatic rings. The number of aliphatic hydroxyl groups is 1. The van der Waals surface area contributed by atoms with Crippen LogP contribution in [0.4, 0.5) is 0 Å². The average molecular weight is 677 g/mol. The van der Waals surface area contributed by atoms with Gasteiger partial charge in [0, 0.05) is 12.1 Å². The van der Waals surface area contributed by atoms with E-state index in [9.17, 15) is 5.11 Å². The molecule has 1 aromatic rings. The fourth-order valence-corrected chi connectivity index (χ4v) is 17.9. The Labute approximate surface area is 287 Å². The molecule has 0 amide bonds. The number of rotatable bonds is 10. The van der Waals surface area contributed by atoms with Crippen LogP contribution >= 0.6 is 0 Å². The minimum absolute atomic E-state index is 0.261. The molecule has 0 aromatic heterocycles. The van der Waals surface area contributed by atoms with Crippen molar-refractivity contribution in [2.75, 3.05) is 13.2 Å². The van der Waals surface area contributed by atoms with E-state index in [0.29, 0.717) is 50.3 Å². The van der Waals surface area contributed by atoms with Gasteiger partial charge in [-0.05, 0) is 47.1 Å². The van der Waals surface area contributed by atoms with Crippen molar-refractivity contribution in [2.24, 2.45) is 0 Å². The van der Waals surface area contributed by atoms with Crippen LogP contribution in [0, 0.1) is 46.2 Å². The van der Waals surface area contributed by atoms with Gasteiger partial charge in [-0.3, -0.25) is 0 Å². The van der Waals surface area contributed by atoms with E-state index in [1.54, 1.807) is 13.8 Å². The SMILES string of the molecule is CC(C)[Si](C#CCOc1cc(C#C[Si](C)(C)C)c(OCC#C[Si](C(C)C)(C(C)C)C(C)C)cc1C#CC(C)(C)O)(C(C)C)C(C)C. The Morgan fingerprint density at radius 3 is 1.20 bits per heavy atom. The second-order valence-corrected chi connectivity index (χ2v) is 32.0. The van der Waals surface area contributed by atoms with Gasteiger partial charge in [0.15, 0.2) is 0 Å². The summed E-state index contributed by atoms with van der Waals surface area (Å²) in [4.78, 5) is 0. The Balaban J connectivity index is 3.73. The van der Waals surface area contributed by atoms with Gasteiger partial charge in [-0.2, -0.15) is 0 Å². The third-order valence-electron chi connectivity index (χ3n) is 9.10. The molecule has 0 spiro atoms. The molecule has 1 rings (SSSR count). The van der Waals surface area contributed by atoms with Gasteiger partial charge in [0.05, 0.1) is 11.1 Å². The van der Waals surface area contributed by atoms with Crippen LogP contribution in [-0.2, 0) is 0 Å². The lowest BCUT2D eigenvalue weighted by molar-refractivity contribution is 0.143. The van der Waals surface area contributed by atoms with Crippen LogP contribution in [0.5, 0.6) is 11.5 Å². The van der Waals surface area contributed by atoms with Crippen molar-refractivity contribution in [1.29, 1.82) is 0 Å². The minimum atomic E-state index is -1.88. The monoisotopic (exact) mass is 676 g/mol. The van der Waals surface area contributed by atoms with Gasteiger partial charge in [-0.15, -0.1) is 16.6 Å². The Morgan fingerprint density at radius 2 is 0.913 bits per heavy atom. The smallest absolute Gasteiger partial charge is 0.148 e. The first-order chi connectivity index (χ1) is 21.0. The maximum atomic E-state index is 10.4. The number of hydrogen-bond donors (Lipinski definition) is 1. The maximum absolute atomic E-state index is 10.4. The number of benzene rings is 1. The fraction of sp³-hybridized carbons (Fsp3) is 0.650. The highest BCUT2D eigenvalue weighted by atomic mass is 28.3. The van der Waals surface area contributed by atoms with E-state index >= 15 is 0 Å². The van der Waals surface area contributed by atoms with Gasteiger partial charge < -0.3 is 14.6 Å². The van der Waals surface area contributed by atoms with Gasteiger partial charge >= 0.3 is 0 Å². The van der Waals surface area contributed by atoms with Gasteiger partial charge in [-0.25, -0.2) is 0 Å². The molecule has 0 saturated heterocycles. The zero-order chi connectivity index (χ0) is 35.7. The van der Waals surface area contributed by atoms with Gasteiger partial charge in [-0.1, -0.05) is 132 Å². The highest BCUT2D eigenvalue weighted by molar-refractivity contribution is 6.91. The topological polar surface area (TPSA) is 38.7 Å². The van der Waals surface area contributed by atoms with Crippen molar-refractivity contribution in [3.05, 3.63) is 23.3 Å². The molecule has 0 heterocycles. The molecule has 0 unspecified atom stereocenters. The Kier molecular flexibility index (Phi) is 15.6. The largest absolute Gasteiger partial charge is 0.480 e. The molecule has 0 fully saturated rings. The summed E-state index contributed by atoms with van der Waals surface area (Å²) in [5, 5.41) is 10.4. The number of hydrogen-bond acceptors (Lipinski definition) is 3. The molecule has 254 valence electrons. The van der Waals surface area contributed by atoms with Crippen LogP contribution in [-0.4, -0.2) is 48.1 Å². The predicted octanol–water partition coefficient (Wildman–Crippen LogP) is 10.2. The summed E-state index contributed by atoms with van der Waals surface area (Å²) >= 11 is 0. The van der Waals surface area contributed by atoms with E-state index in [1.807, 2.05) is 12.1 Å². The Bertz CT molecular complexity index is 1250. The third kappa shape index (κ3) is 11.4. The van der Waals surface area contributed by atoms with E-state index in [-0.39, 0.29) is 13.2 Å². The minimum Gasteiger partial charge on any atom is -0.480 e.